The number of carbonyl (C=O) groups excluding carboxylic acids is 2. The molecule has 1 saturated carbocycles. The molecule has 2 aromatic rings. The van der Waals surface area contributed by atoms with Crippen LogP contribution in [0.1, 0.15) is 51.5 Å². The molecule has 2 aliphatic rings. The van der Waals surface area contributed by atoms with Gasteiger partial charge in [0.25, 0.3) is 5.91 Å². The SMILES string of the molecule is CSc1nc(C2CC2)cc(C(=O)OCC(=O)N2CCN(Cc3cccc(C)c3)CC2)c1C#N. The number of piperazine rings is 1. The highest BCUT2D eigenvalue weighted by atomic mass is 32.2. The molecule has 0 radical (unpaired) electrons. The second-order valence-electron chi connectivity index (χ2n) is 8.59. The van der Waals surface area contributed by atoms with Gasteiger partial charge in [-0.05, 0) is 37.7 Å². The lowest BCUT2D eigenvalue weighted by Gasteiger charge is -2.34. The highest BCUT2D eigenvalue weighted by molar-refractivity contribution is 7.98. The number of nitrogens with zero attached hydrogens (tertiary/aromatic N) is 4. The number of aromatic nitrogens is 1. The third kappa shape index (κ3) is 5.73. The molecule has 0 bridgehead atoms. The van der Waals surface area contributed by atoms with Crippen LogP contribution in [-0.4, -0.2) is 65.7 Å². The van der Waals surface area contributed by atoms with Gasteiger partial charge in [-0.15, -0.1) is 11.8 Å². The average Bonchev–Trinajstić information content (AvgIpc) is 3.67. The Morgan fingerprint density at radius 1 is 1.21 bits per heavy atom. The average molecular weight is 465 g/mol. The molecule has 8 heteroatoms. The smallest absolute Gasteiger partial charge is 0.340 e. The monoisotopic (exact) mass is 464 g/mol. The number of nitriles is 1. The van der Waals surface area contributed by atoms with Crippen LogP contribution in [0.25, 0.3) is 0 Å². The number of carbonyl (C=O) groups is 2. The zero-order valence-corrected chi connectivity index (χ0v) is 19.9. The first kappa shape index (κ1) is 23.3. The van der Waals surface area contributed by atoms with Gasteiger partial charge < -0.3 is 9.64 Å². The summed E-state index contributed by atoms with van der Waals surface area (Å²) in [7, 11) is 0. The number of thioether (sulfide) groups is 1. The van der Waals surface area contributed by atoms with E-state index in [0.717, 1.165) is 38.2 Å². The lowest BCUT2D eigenvalue weighted by atomic mass is 10.1. The number of rotatable bonds is 7. The summed E-state index contributed by atoms with van der Waals surface area (Å²) in [6.07, 6.45) is 3.90. The maximum absolute atomic E-state index is 12.8. The number of hydrogen-bond donors (Lipinski definition) is 0. The number of esters is 1. The predicted octanol–water partition coefficient (Wildman–Crippen LogP) is 3.36. The molecule has 1 saturated heterocycles. The molecule has 4 rings (SSSR count). The van der Waals surface area contributed by atoms with E-state index in [1.807, 2.05) is 6.26 Å². The summed E-state index contributed by atoms with van der Waals surface area (Å²) in [6, 6.07) is 12.2. The van der Waals surface area contributed by atoms with Crippen molar-refractivity contribution >= 4 is 23.6 Å². The molecule has 1 amide bonds. The van der Waals surface area contributed by atoms with Gasteiger partial charge in [0.1, 0.15) is 11.1 Å². The summed E-state index contributed by atoms with van der Waals surface area (Å²) in [6.45, 7) is 5.38. The zero-order chi connectivity index (χ0) is 23.4. The quantitative estimate of drug-likeness (QED) is 0.459. The molecule has 1 aliphatic carbocycles. The first-order chi connectivity index (χ1) is 16.0. The molecule has 1 aromatic heterocycles. The van der Waals surface area contributed by atoms with Crippen molar-refractivity contribution in [1.82, 2.24) is 14.8 Å². The van der Waals surface area contributed by atoms with Crippen LogP contribution in [0.4, 0.5) is 0 Å². The summed E-state index contributed by atoms with van der Waals surface area (Å²) in [5, 5.41) is 10.1. The van der Waals surface area contributed by atoms with Crippen LogP contribution in [0.5, 0.6) is 0 Å². The van der Waals surface area contributed by atoms with Crippen molar-refractivity contribution in [3.63, 3.8) is 0 Å². The fraction of sp³-hybridized carbons (Fsp3) is 0.440. The van der Waals surface area contributed by atoms with Crippen molar-refractivity contribution in [3.8, 4) is 6.07 Å². The predicted molar refractivity (Wildman–Crippen MR) is 126 cm³/mol. The van der Waals surface area contributed by atoms with Crippen LogP contribution >= 0.6 is 11.8 Å². The first-order valence-corrected chi connectivity index (χ1v) is 12.4. The Labute approximate surface area is 198 Å². The molecule has 33 heavy (non-hydrogen) atoms. The van der Waals surface area contributed by atoms with Gasteiger partial charge in [0.2, 0.25) is 0 Å². The van der Waals surface area contributed by atoms with E-state index < -0.39 is 5.97 Å². The number of pyridine rings is 1. The van der Waals surface area contributed by atoms with E-state index in [2.05, 4.69) is 47.1 Å². The molecule has 0 N–H and O–H groups in total. The summed E-state index contributed by atoms with van der Waals surface area (Å²) >= 11 is 1.34. The van der Waals surface area contributed by atoms with E-state index >= 15 is 0 Å². The summed E-state index contributed by atoms with van der Waals surface area (Å²) in [4.78, 5) is 34.0. The molecule has 172 valence electrons. The number of hydrogen-bond acceptors (Lipinski definition) is 7. The fourth-order valence-electron chi connectivity index (χ4n) is 4.07. The normalized spacial score (nSPS) is 16.3. The maximum Gasteiger partial charge on any atom is 0.340 e. The van der Waals surface area contributed by atoms with E-state index in [-0.39, 0.29) is 23.6 Å². The minimum atomic E-state index is -0.641. The molecule has 0 spiro atoms. The van der Waals surface area contributed by atoms with Crippen LogP contribution in [0.15, 0.2) is 35.4 Å². The maximum atomic E-state index is 12.8. The largest absolute Gasteiger partial charge is 0.452 e. The van der Waals surface area contributed by atoms with Gasteiger partial charge >= 0.3 is 5.97 Å². The molecule has 7 nitrogen and oxygen atoms in total. The molecule has 2 fully saturated rings. The van der Waals surface area contributed by atoms with Gasteiger partial charge in [0.15, 0.2) is 6.61 Å². The van der Waals surface area contributed by atoms with E-state index in [1.54, 1.807) is 11.0 Å². The number of aryl methyl sites for hydroxylation is 1. The fourth-order valence-corrected chi connectivity index (χ4v) is 4.62. The van der Waals surface area contributed by atoms with Crippen LogP contribution in [-0.2, 0) is 16.1 Å². The van der Waals surface area contributed by atoms with Crippen molar-refractivity contribution in [2.24, 2.45) is 0 Å². The first-order valence-electron chi connectivity index (χ1n) is 11.2. The van der Waals surface area contributed by atoms with E-state index in [9.17, 15) is 14.9 Å². The zero-order valence-electron chi connectivity index (χ0n) is 19.0. The lowest BCUT2D eigenvalue weighted by Crippen LogP contribution is -2.49. The van der Waals surface area contributed by atoms with Gasteiger partial charge in [0, 0.05) is 44.3 Å². The topological polar surface area (TPSA) is 86.5 Å². The highest BCUT2D eigenvalue weighted by Crippen LogP contribution is 2.40. The summed E-state index contributed by atoms with van der Waals surface area (Å²) in [5.74, 6) is -0.510. The van der Waals surface area contributed by atoms with Gasteiger partial charge in [-0.2, -0.15) is 5.26 Å². The van der Waals surface area contributed by atoms with Crippen LogP contribution < -0.4 is 0 Å². The summed E-state index contributed by atoms with van der Waals surface area (Å²) < 4.78 is 5.34. The van der Waals surface area contributed by atoms with Gasteiger partial charge in [-0.3, -0.25) is 9.69 Å². The molecule has 1 aliphatic heterocycles. The molecule has 0 unspecified atom stereocenters. The Morgan fingerprint density at radius 2 is 1.97 bits per heavy atom. The molecule has 0 atom stereocenters. The minimum absolute atomic E-state index is 0.203. The molecular formula is C25H28N4O3S. The van der Waals surface area contributed by atoms with Crippen molar-refractivity contribution in [2.45, 2.75) is 37.3 Å². The Morgan fingerprint density at radius 3 is 2.61 bits per heavy atom. The third-order valence-corrected chi connectivity index (χ3v) is 6.75. The van der Waals surface area contributed by atoms with Crippen LogP contribution in [0, 0.1) is 18.3 Å². The van der Waals surface area contributed by atoms with Crippen molar-refractivity contribution in [2.75, 3.05) is 39.0 Å². The van der Waals surface area contributed by atoms with Crippen molar-refractivity contribution in [1.29, 1.82) is 5.26 Å². The standard InChI is InChI=1S/C25H28N4O3S/c1-17-4-3-5-18(12-17)15-28-8-10-29(11-9-28)23(30)16-32-25(31)20-13-22(19-6-7-19)27-24(33-2)21(20)14-26/h3-5,12-13,19H,6-11,15-16H2,1-2H3. The Hall–Kier alpha value is -2.89. The second-order valence-corrected chi connectivity index (χ2v) is 9.38. The molecule has 1 aromatic carbocycles. The summed E-state index contributed by atoms with van der Waals surface area (Å²) in [5.41, 5.74) is 3.75. The second kappa shape index (κ2) is 10.4. The van der Waals surface area contributed by atoms with Gasteiger partial charge in [-0.25, -0.2) is 9.78 Å². The highest BCUT2D eigenvalue weighted by Gasteiger charge is 2.29. The van der Waals surface area contributed by atoms with E-state index in [0.29, 0.717) is 24.0 Å². The van der Waals surface area contributed by atoms with Crippen molar-refractivity contribution in [3.05, 3.63) is 58.3 Å². The number of amides is 1. The third-order valence-electron chi connectivity index (χ3n) is 6.07. The van der Waals surface area contributed by atoms with E-state index in [1.165, 1.54) is 22.9 Å². The van der Waals surface area contributed by atoms with Gasteiger partial charge in [0.05, 0.1) is 11.1 Å². The minimum Gasteiger partial charge on any atom is -0.452 e. The number of benzene rings is 1. The molecule has 2 heterocycles. The Bertz CT molecular complexity index is 1090. The van der Waals surface area contributed by atoms with Crippen molar-refractivity contribution < 1.29 is 14.3 Å². The Kier molecular flexibility index (Phi) is 7.31. The van der Waals surface area contributed by atoms with Crippen LogP contribution in [0.2, 0.25) is 0 Å². The van der Waals surface area contributed by atoms with E-state index in [4.69, 9.17) is 4.74 Å². The van der Waals surface area contributed by atoms with Crippen LogP contribution in [0.3, 0.4) is 0 Å². The van der Waals surface area contributed by atoms with Gasteiger partial charge in [-0.1, -0.05) is 29.8 Å². The molecular weight excluding hydrogens is 436 g/mol. The lowest BCUT2D eigenvalue weighted by molar-refractivity contribution is -0.136. The number of ether oxygens (including phenoxy) is 1. The Balaban J connectivity index is 1.32.